The van der Waals surface area contributed by atoms with Crippen LogP contribution in [0.5, 0.6) is 5.75 Å². The highest BCUT2D eigenvalue weighted by atomic mass is 16.4. The average Bonchev–Trinajstić information content (AvgIpc) is 3.22. The predicted octanol–water partition coefficient (Wildman–Crippen LogP) is 0.338. The Kier molecular flexibility index (Phi) is 4.24. The molecule has 6 heteroatoms. The summed E-state index contributed by atoms with van der Waals surface area (Å²) in [6.45, 7) is -0.299. The highest BCUT2D eigenvalue weighted by Gasteiger charge is 2.35. The fourth-order valence-corrected chi connectivity index (χ4v) is 2.11. The molecule has 0 heterocycles. The van der Waals surface area contributed by atoms with Gasteiger partial charge in [0.1, 0.15) is 12.3 Å². The fourth-order valence-electron chi connectivity index (χ4n) is 2.11. The van der Waals surface area contributed by atoms with E-state index in [1.165, 1.54) is 17.0 Å². The van der Waals surface area contributed by atoms with Gasteiger partial charge in [-0.05, 0) is 37.0 Å². The maximum absolute atomic E-state index is 12.2. The minimum atomic E-state index is -1.03. The number of nitrogens with two attached hydrogens (primary N) is 1. The van der Waals surface area contributed by atoms with Crippen LogP contribution in [0.3, 0.4) is 0 Å². The largest absolute Gasteiger partial charge is 0.508 e. The normalized spacial score (nSPS) is 15.7. The maximum atomic E-state index is 12.2. The second-order valence-corrected chi connectivity index (χ2v) is 5.07. The van der Waals surface area contributed by atoms with Crippen molar-refractivity contribution in [1.82, 2.24) is 4.90 Å². The SMILES string of the molecule is NC(Cc1ccc(O)cc1)C(=O)N(CC(=O)O)C1CC1. The van der Waals surface area contributed by atoms with Crippen LogP contribution in [0.25, 0.3) is 0 Å². The van der Waals surface area contributed by atoms with Gasteiger partial charge in [-0.3, -0.25) is 9.59 Å². The van der Waals surface area contributed by atoms with Gasteiger partial charge >= 0.3 is 5.97 Å². The highest BCUT2D eigenvalue weighted by molar-refractivity contribution is 5.86. The molecular weight excluding hydrogens is 260 g/mol. The first kappa shape index (κ1) is 14.3. The summed E-state index contributed by atoms with van der Waals surface area (Å²) < 4.78 is 0. The van der Waals surface area contributed by atoms with Crippen LogP contribution < -0.4 is 5.73 Å². The molecule has 0 spiro atoms. The van der Waals surface area contributed by atoms with Gasteiger partial charge in [0.15, 0.2) is 0 Å². The van der Waals surface area contributed by atoms with Gasteiger partial charge in [0.2, 0.25) is 5.91 Å². The van der Waals surface area contributed by atoms with Crippen LogP contribution >= 0.6 is 0 Å². The van der Waals surface area contributed by atoms with E-state index in [0.29, 0.717) is 6.42 Å². The Hall–Kier alpha value is -2.08. The number of benzene rings is 1. The lowest BCUT2D eigenvalue weighted by Gasteiger charge is -2.24. The maximum Gasteiger partial charge on any atom is 0.323 e. The van der Waals surface area contributed by atoms with Crippen molar-refractivity contribution in [1.29, 1.82) is 0 Å². The Balaban J connectivity index is 1.99. The van der Waals surface area contributed by atoms with Crippen LogP contribution in [-0.2, 0) is 16.0 Å². The number of nitrogens with zero attached hydrogens (tertiary/aromatic N) is 1. The van der Waals surface area contributed by atoms with Gasteiger partial charge < -0.3 is 20.8 Å². The molecule has 1 aliphatic rings. The van der Waals surface area contributed by atoms with Gasteiger partial charge in [-0.1, -0.05) is 12.1 Å². The molecule has 108 valence electrons. The Bertz CT molecular complexity index is 496. The zero-order valence-electron chi connectivity index (χ0n) is 11.0. The molecule has 0 radical (unpaired) electrons. The summed E-state index contributed by atoms with van der Waals surface area (Å²) in [4.78, 5) is 24.4. The molecule has 4 N–H and O–H groups in total. The van der Waals surface area contributed by atoms with Gasteiger partial charge in [0.05, 0.1) is 6.04 Å². The van der Waals surface area contributed by atoms with Crippen molar-refractivity contribution in [3.63, 3.8) is 0 Å². The molecule has 1 atom stereocenters. The van der Waals surface area contributed by atoms with Crippen LogP contribution in [0.1, 0.15) is 18.4 Å². The summed E-state index contributed by atoms with van der Waals surface area (Å²) in [7, 11) is 0. The van der Waals surface area contributed by atoms with E-state index in [1.54, 1.807) is 12.1 Å². The molecule has 1 aliphatic carbocycles. The summed E-state index contributed by atoms with van der Waals surface area (Å²) in [5, 5.41) is 18.0. The van der Waals surface area contributed by atoms with E-state index >= 15 is 0 Å². The first-order valence-corrected chi connectivity index (χ1v) is 6.53. The number of hydrogen-bond donors (Lipinski definition) is 3. The van der Waals surface area contributed by atoms with E-state index < -0.39 is 12.0 Å². The average molecular weight is 278 g/mol. The summed E-state index contributed by atoms with van der Waals surface area (Å²) in [5.41, 5.74) is 6.71. The number of rotatable bonds is 6. The molecule has 1 unspecified atom stereocenters. The monoisotopic (exact) mass is 278 g/mol. The number of carbonyl (C=O) groups excluding carboxylic acids is 1. The first-order chi connectivity index (χ1) is 9.47. The number of carboxylic acids is 1. The molecule has 2 rings (SSSR count). The third-order valence-corrected chi connectivity index (χ3v) is 3.29. The van der Waals surface area contributed by atoms with E-state index in [2.05, 4.69) is 0 Å². The van der Waals surface area contributed by atoms with Crippen molar-refractivity contribution in [3.8, 4) is 5.75 Å². The number of phenols is 1. The number of carboxylic acid groups (broad SMARTS) is 1. The van der Waals surface area contributed by atoms with Crippen molar-refractivity contribution < 1.29 is 19.8 Å². The molecule has 1 fully saturated rings. The Morgan fingerprint density at radius 2 is 1.90 bits per heavy atom. The number of carbonyl (C=O) groups is 2. The molecule has 1 amide bonds. The third kappa shape index (κ3) is 3.71. The van der Waals surface area contributed by atoms with E-state index in [-0.39, 0.29) is 24.2 Å². The number of aliphatic carboxylic acids is 1. The predicted molar refractivity (Wildman–Crippen MR) is 72.2 cm³/mol. The molecule has 1 saturated carbocycles. The summed E-state index contributed by atoms with van der Waals surface area (Å²) >= 11 is 0. The summed E-state index contributed by atoms with van der Waals surface area (Å²) in [5.74, 6) is -1.20. The molecule has 0 bridgehead atoms. The quantitative estimate of drug-likeness (QED) is 0.696. The van der Waals surface area contributed by atoms with E-state index in [1.807, 2.05) is 0 Å². The molecule has 20 heavy (non-hydrogen) atoms. The van der Waals surface area contributed by atoms with Gasteiger partial charge in [-0.2, -0.15) is 0 Å². The highest BCUT2D eigenvalue weighted by Crippen LogP contribution is 2.27. The Morgan fingerprint density at radius 3 is 2.40 bits per heavy atom. The number of aromatic hydroxyl groups is 1. The van der Waals surface area contributed by atoms with Gasteiger partial charge in [0.25, 0.3) is 0 Å². The standard InChI is InChI=1S/C14H18N2O4/c15-12(7-9-1-5-11(17)6-2-9)14(20)16(8-13(18)19)10-3-4-10/h1-2,5-6,10,12,17H,3-4,7-8,15H2,(H,18,19). The molecular formula is C14H18N2O4. The van der Waals surface area contributed by atoms with Crippen molar-refractivity contribution in [2.45, 2.75) is 31.3 Å². The Morgan fingerprint density at radius 1 is 1.30 bits per heavy atom. The lowest BCUT2D eigenvalue weighted by Crippen LogP contribution is -2.47. The second-order valence-electron chi connectivity index (χ2n) is 5.07. The van der Waals surface area contributed by atoms with Gasteiger partial charge in [-0.15, -0.1) is 0 Å². The minimum Gasteiger partial charge on any atom is -0.508 e. The summed E-state index contributed by atoms with van der Waals surface area (Å²) in [6, 6.07) is 5.71. The van der Waals surface area contributed by atoms with Crippen LogP contribution in [0.4, 0.5) is 0 Å². The zero-order valence-corrected chi connectivity index (χ0v) is 11.0. The minimum absolute atomic E-state index is 0.0180. The van der Waals surface area contributed by atoms with E-state index in [9.17, 15) is 14.7 Å². The van der Waals surface area contributed by atoms with Gasteiger partial charge in [-0.25, -0.2) is 0 Å². The zero-order chi connectivity index (χ0) is 14.7. The van der Waals surface area contributed by atoms with Crippen LogP contribution in [0.15, 0.2) is 24.3 Å². The first-order valence-electron chi connectivity index (χ1n) is 6.53. The number of amides is 1. The van der Waals surface area contributed by atoms with Gasteiger partial charge in [0, 0.05) is 6.04 Å². The smallest absolute Gasteiger partial charge is 0.323 e. The number of hydrogen-bond acceptors (Lipinski definition) is 4. The lowest BCUT2D eigenvalue weighted by molar-refractivity contribution is -0.145. The van der Waals surface area contributed by atoms with Crippen molar-refractivity contribution in [3.05, 3.63) is 29.8 Å². The van der Waals surface area contributed by atoms with Crippen LogP contribution in [-0.4, -0.2) is 45.6 Å². The second kappa shape index (κ2) is 5.92. The summed E-state index contributed by atoms with van der Waals surface area (Å²) in [6.07, 6.45) is 2.00. The van der Waals surface area contributed by atoms with Crippen LogP contribution in [0, 0.1) is 0 Å². The molecule has 1 aromatic rings. The molecule has 0 aliphatic heterocycles. The van der Waals surface area contributed by atoms with E-state index in [4.69, 9.17) is 10.8 Å². The van der Waals surface area contributed by atoms with Crippen molar-refractivity contribution in [2.24, 2.45) is 5.73 Å². The molecule has 1 aromatic carbocycles. The molecule has 6 nitrogen and oxygen atoms in total. The molecule has 0 saturated heterocycles. The lowest BCUT2D eigenvalue weighted by atomic mass is 10.1. The molecule has 0 aromatic heterocycles. The van der Waals surface area contributed by atoms with Crippen molar-refractivity contribution >= 4 is 11.9 Å². The van der Waals surface area contributed by atoms with E-state index in [0.717, 1.165) is 18.4 Å². The number of phenolic OH excluding ortho intramolecular Hbond substituents is 1. The van der Waals surface area contributed by atoms with Crippen molar-refractivity contribution in [2.75, 3.05) is 6.54 Å². The fraction of sp³-hybridized carbons (Fsp3) is 0.429. The van der Waals surface area contributed by atoms with Crippen LogP contribution in [0.2, 0.25) is 0 Å². The third-order valence-electron chi connectivity index (χ3n) is 3.29. The topological polar surface area (TPSA) is 104 Å². The Labute approximate surface area is 116 Å².